The van der Waals surface area contributed by atoms with Crippen molar-refractivity contribution in [3.8, 4) is 17.7 Å². The molecule has 0 amide bonds. The molecule has 1 N–H and O–H groups in total. The Hall–Kier alpha value is -2.91. The van der Waals surface area contributed by atoms with Crippen LogP contribution in [-0.2, 0) is 0 Å². The van der Waals surface area contributed by atoms with E-state index in [-0.39, 0.29) is 11.9 Å². The number of ketones is 1. The number of Topliss-reactive ketones (excluding diaryl/α,β-unsaturated/α-hetero) is 1. The van der Waals surface area contributed by atoms with E-state index in [4.69, 9.17) is 9.47 Å². The number of nitriles is 1. The number of aromatic nitrogens is 1. The zero-order chi connectivity index (χ0) is 21.0. The van der Waals surface area contributed by atoms with Gasteiger partial charge < -0.3 is 14.8 Å². The van der Waals surface area contributed by atoms with Crippen molar-refractivity contribution in [2.24, 2.45) is 0 Å². The monoisotopic (exact) mass is 393 g/mol. The van der Waals surface area contributed by atoms with E-state index in [1.54, 1.807) is 25.1 Å². The normalized spacial score (nSPS) is 21.4. The second-order valence-corrected chi connectivity index (χ2v) is 7.81. The molecular formula is C23H27N3O3. The summed E-state index contributed by atoms with van der Waals surface area (Å²) in [4.78, 5) is 18.1. The molecule has 6 nitrogen and oxygen atoms in total. The number of carbonyl (C=O) groups excluding carboxylic acids is 1. The van der Waals surface area contributed by atoms with Gasteiger partial charge in [0.1, 0.15) is 5.75 Å². The highest BCUT2D eigenvalue weighted by Crippen LogP contribution is 2.34. The molecule has 1 fully saturated rings. The van der Waals surface area contributed by atoms with Gasteiger partial charge in [0, 0.05) is 24.3 Å². The van der Waals surface area contributed by atoms with Crippen molar-refractivity contribution in [2.75, 3.05) is 6.54 Å². The van der Waals surface area contributed by atoms with Crippen molar-refractivity contribution in [1.82, 2.24) is 10.3 Å². The van der Waals surface area contributed by atoms with Crippen molar-refractivity contribution in [3.63, 3.8) is 0 Å². The summed E-state index contributed by atoms with van der Waals surface area (Å²) in [6.45, 7) is 8.09. The zero-order valence-electron chi connectivity index (χ0n) is 17.4. The molecule has 2 atom stereocenters. The lowest BCUT2D eigenvalue weighted by Gasteiger charge is -2.39. The van der Waals surface area contributed by atoms with Gasteiger partial charge in [-0.2, -0.15) is 5.26 Å². The average Bonchev–Trinajstić information content (AvgIpc) is 2.71. The summed E-state index contributed by atoms with van der Waals surface area (Å²) in [6.07, 6.45) is 2.82. The second kappa shape index (κ2) is 8.62. The number of piperidine rings is 1. The molecule has 29 heavy (non-hydrogen) atoms. The Morgan fingerprint density at radius 1 is 1.34 bits per heavy atom. The summed E-state index contributed by atoms with van der Waals surface area (Å²) in [5.41, 5.74) is 0.492. The maximum Gasteiger partial charge on any atom is 0.218 e. The Morgan fingerprint density at radius 2 is 2.10 bits per heavy atom. The van der Waals surface area contributed by atoms with Gasteiger partial charge in [-0.15, -0.1) is 0 Å². The summed E-state index contributed by atoms with van der Waals surface area (Å²) < 4.78 is 12.2. The van der Waals surface area contributed by atoms with Gasteiger partial charge >= 0.3 is 0 Å². The van der Waals surface area contributed by atoms with Crippen molar-refractivity contribution in [3.05, 3.63) is 53.2 Å². The number of carbonyl (C=O) groups is 1. The van der Waals surface area contributed by atoms with Crippen LogP contribution in [0.4, 0.5) is 0 Å². The maximum absolute atomic E-state index is 13.8. The van der Waals surface area contributed by atoms with Crippen molar-refractivity contribution < 1.29 is 14.3 Å². The summed E-state index contributed by atoms with van der Waals surface area (Å²) >= 11 is 0. The number of ether oxygens (including phenoxy) is 2. The summed E-state index contributed by atoms with van der Waals surface area (Å²) in [5.74, 6) is 0.720. The third-order valence-corrected chi connectivity index (χ3v) is 5.20. The molecule has 1 aromatic carbocycles. The third kappa shape index (κ3) is 4.41. The van der Waals surface area contributed by atoms with Crippen LogP contribution in [-0.4, -0.2) is 35.1 Å². The molecule has 0 spiro atoms. The molecule has 2 heterocycles. The molecule has 6 heteroatoms. The smallest absolute Gasteiger partial charge is 0.218 e. The zero-order valence-corrected chi connectivity index (χ0v) is 17.4. The molecule has 0 saturated carbocycles. The molecule has 1 aliphatic rings. The molecule has 0 radical (unpaired) electrons. The number of hydrogen-bond acceptors (Lipinski definition) is 6. The van der Waals surface area contributed by atoms with Crippen LogP contribution < -0.4 is 14.8 Å². The standard InChI is InChI=1S/C23H27N3O3/c1-15(2)28-20-8-6-5-7-19(20)21(27)23(11-9-16(3)26-14-23)29-22-17(4)18(13-24)10-12-25-22/h5-8,10,12,15-16,26H,9,11,14H2,1-4H3/t16-,23-/m1/s1. The van der Waals surface area contributed by atoms with Gasteiger partial charge in [-0.3, -0.25) is 4.79 Å². The predicted molar refractivity (Wildman–Crippen MR) is 110 cm³/mol. The minimum Gasteiger partial charge on any atom is -0.490 e. The first kappa shape index (κ1) is 20.8. The number of nitrogens with one attached hydrogen (secondary N) is 1. The molecule has 3 rings (SSSR count). The maximum atomic E-state index is 13.8. The van der Waals surface area contributed by atoms with Crippen LogP contribution in [0.2, 0.25) is 0 Å². The second-order valence-electron chi connectivity index (χ2n) is 7.81. The highest BCUT2D eigenvalue weighted by molar-refractivity contribution is 6.05. The van der Waals surface area contributed by atoms with Crippen LogP contribution in [0.1, 0.15) is 55.1 Å². The molecular weight excluding hydrogens is 366 g/mol. The Labute approximate surface area is 171 Å². The van der Waals surface area contributed by atoms with E-state index in [0.717, 1.165) is 6.42 Å². The Balaban J connectivity index is 2.02. The van der Waals surface area contributed by atoms with Crippen LogP contribution in [0.3, 0.4) is 0 Å². The van der Waals surface area contributed by atoms with Crippen molar-refractivity contribution >= 4 is 5.78 Å². The molecule has 1 saturated heterocycles. The Kier molecular flexibility index (Phi) is 6.19. The summed E-state index contributed by atoms with van der Waals surface area (Å²) in [7, 11) is 0. The van der Waals surface area contributed by atoms with Crippen molar-refractivity contribution in [1.29, 1.82) is 5.26 Å². The van der Waals surface area contributed by atoms with Gasteiger partial charge in [-0.05, 0) is 58.7 Å². The van der Waals surface area contributed by atoms with Gasteiger partial charge in [0.05, 0.1) is 23.3 Å². The minimum absolute atomic E-state index is 0.0541. The van der Waals surface area contributed by atoms with Crippen LogP contribution in [0, 0.1) is 18.3 Å². The molecule has 152 valence electrons. The van der Waals surface area contributed by atoms with Gasteiger partial charge in [0.25, 0.3) is 0 Å². The SMILES string of the molecule is Cc1c(C#N)ccnc1O[C@]1(C(=O)c2ccccc2OC(C)C)CC[C@@H](C)NC1. The lowest BCUT2D eigenvalue weighted by atomic mass is 9.83. The van der Waals surface area contributed by atoms with Crippen LogP contribution in [0.15, 0.2) is 36.5 Å². The molecule has 0 bridgehead atoms. The topological polar surface area (TPSA) is 84.2 Å². The number of benzene rings is 1. The third-order valence-electron chi connectivity index (χ3n) is 5.20. The largest absolute Gasteiger partial charge is 0.490 e. The number of rotatable bonds is 6. The first-order chi connectivity index (χ1) is 13.9. The van der Waals surface area contributed by atoms with Gasteiger partial charge in [0.2, 0.25) is 11.7 Å². The molecule has 1 aromatic heterocycles. The Morgan fingerprint density at radius 3 is 2.76 bits per heavy atom. The first-order valence-corrected chi connectivity index (χ1v) is 9.95. The highest BCUT2D eigenvalue weighted by Gasteiger charge is 2.45. The molecule has 2 aromatic rings. The lowest BCUT2D eigenvalue weighted by Crippen LogP contribution is -2.58. The fraction of sp³-hybridized carbons (Fsp3) is 0.435. The fourth-order valence-electron chi connectivity index (χ4n) is 3.49. The van der Waals surface area contributed by atoms with E-state index in [0.29, 0.717) is 47.3 Å². The van der Waals surface area contributed by atoms with Gasteiger partial charge in [-0.1, -0.05) is 12.1 Å². The van der Waals surface area contributed by atoms with E-state index in [2.05, 4.69) is 23.3 Å². The first-order valence-electron chi connectivity index (χ1n) is 9.95. The quantitative estimate of drug-likeness (QED) is 0.751. The van der Waals surface area contributed by atoms with Gasteiger partial charge in [0.15, 0.2) is 5.60 Å². The summed E-state index contributed by atoms with van der Waals surface area (Å²) in [6, 6.07) is 11.3. The van der Waals surface area contributed by atoms with E-state index in [9.17, 15) is 10.1 Å². The number of nitrogens with zero attached hydrogens (tertiary/aromatic N) is 2. The van der Waals surface area contributed by atoms with Crippen LogP contribution >= 0.6 is 0 Å². The van der Waals surface area contributed by atoms with Gasteiger partial charge in [-0.25, -0.2) is 4.98 Å². The molecule has 1 aliphatic heterocycles. The van der Waals surface area contributed by atoms with E-state index in [1.807, 2.05) is 26.0 Å². The average molecular weight is 393 g/mol. The highest BCUT2D eigenvalue weighted by atomic mass is 16.5. The molecule has 0 aliphatic carbocycles. The van der Waals surface area contributed by atoms with E-state index in [1.165, 1.54) is 6.20 Å². The fourth-order valence-corrected chi connectivity index (χ4v) is 3.49. The lowest BCUT2D eigenvalue weighted by molar-refractivity contribution is 0.0256. The minimum atomic E-state index is -1.12. The number of hydrogen-bond donors (Lipinski definition) is 1. The molecule has 0 unspecified atom stereocenters. The van der Waals surface area contributed by atoms with Crippen molar-refractivity contribution in [2.45, 2.75) is 58.3 Å². The number of para-hydroxylation sites is 1. The Bertz CT molecular complexity index is 925. The van der Waals surface area contributed by atoms with E-state index < -0.39 is 5.60 Å². The van der Waals surface area contributed by atoms with E-state index >= 15 is 0 Å². The number of pyridine rings is 1. The predicted octanol–water partition coefficient (Wildman–Crippen LogP) is 3.82. The van der Waals surface area contributed by atoms with Crippen LogP contribution in [0.5, 0.6) is 11.6 Å². The van der Waals surface area contributed by atoms with Crippen LogP contribution in [0.25, 0.3) is 0 Å². The summed E-state index contributed by atoms with van der Waals surface area (Å²) in [5, 5.41) is 12.7.